The number of halogens is 1. The fraction of sp³-hybridized carbons (Fsp3) is 0.417. The van der Waals surface area contributed by atoms with Crippen LogP contribution in [0.15, 0.2) is 18.2 Å². The number of amides is 1. The first-order valence-corrected chi connectivity index (χ1v) is 5.60. The zero-order chi connectivity index (χ0) is 12.3. The van der Waals surface area contributed by atoms with Crippen LogP contribution in [0.2, 0.25) is 5.02 Å². The Balaban J connectivity index is 2.88. The molecule has 0 fully saturated rings. The predicted molar refractivity (Wildman–Crippen MR) is 67.7 cm³/mol. The van der Waals surface area contributed by atoms with Gasteiger partial charge in [-0.1, -0.05) is 25.4 Å². The number of nitrogens with two attached hydrogens (primary N) is 1. The molecule has 4 heteroatoms. The third-order valence-corrected chi connectivity index (χ3v) is 2.52. The van der Waals surface area contributed by atoms with E-state index in [1.807, 2.05) is 0 Å². The number of hydrogen-bond acceptors (Lipinski definition) is 2. The third-order valence-electron chi connectivity index (χ3n) is 2.21. The Morgan fingerprint density at radius 1 is 1.50 bits per heavy atom. The van der Waals surface area contributed by atoms with E-state index in [4.69, 9.17) is 17.3 Å². The maximum Gasteiger partial charge on any atom is 0.255 e. The molecule has 1 aromatic carbocycles. The molecule has 1 rings (SSSR count). The zero-order valence-corrected chi connectivity index (χ0v) is 10.6. The molecule has 0 radical (unpaired) electrons. The van der Waals surface area contributed by atoms with Gasteiger partial charge in [0.25, 0.3) is 5.91 Å². The second-order valence-electron chi connectivity index (χ2n) is 4.32. The number of hydrogen-bond donors (Lipinski definition) is 1. The van der Waals surface area contributed by atoms with Crippen LogP contribution in [0.4, 0.5) is 5.69 Å². The molecule has 3 nitrogen and oxygen atoms in total. The molecule has 0 heterocycles. The number of nitrogen functional groups attached to an aromatic ring is 1. The van der Waals surface area contributed by atoms with Crippen LogP contribution in [0.3, 0.4) is 0 Å². The summed E-state index contributed by atoms with van der Waals surface area (Å²) >= 11 is 5.98. The number of rotatable bonds is 3. The lowest BCUT2D eigenvalue weighted by molar-refractivity contribution is 0.0779. The summed E-state index contributed by atoms with van der Waals surface area (Å²) in [7, 11) is 1.77. The second-order valence-corrected chi connectivity index (χ2v) is 4.73. The van der Waals surface area contributed by atoms with Crippen molar-refractivity contribution in [1.29, 1.82) is 0 Å². The van der Waals surface area contributed by atoms with E-state index in [0.29, 0.717) is 28.7 Å². The minimum Gasteiger partial charge on any atom is -0.399 e. The monoisotopic (exact) mass is 240 g/mol. The van der Waals surface area contributed by atoms with Crippen molar-refractivity contribution in [2.24, 2.45) is 5.92 Å². The van der Waals surface area contributed by atoms with Gasteiger partial charge in [0.05, 0.1) is 10.6 Å². The van der Waals surface area contributed by atoms with Gasteiger partial charge in [0.15, 0.2) is 0 Å². The van der Waals surface area contributed by atoms with E-state index < -0.39 is 0 Å². The van der Waals surface area contributed by atoms with E-state index in [1.54, 1.807) is 30.1 Å². The SMILES string of the molecule is CC(C)CN(C)C(=O)c1ccc(N)cc1Cl. The molecule has 0 atom stereocenters. The number of carbonyl (C=O) groups excluding carboxylic acids is 1. The van der Waals surface area contributed by atoms with E-state index in [1.165, 1.54) is 0 Å². The van der Waals surface area contributed by atoms with Crippen LogP contribution in [0.1, 0.15) is 24.2 Å². The van der Waals surface area contributed by atoms with Crippen molar-refractivity contribution in [3.8, 4) is 0 Å². The summed E-state index contributed by atoms with van der Waals surface area (Å²) in [5.74, 6) is 0.361. The Labute approximate surface area is 101 Å². The molecule has 0 spiro atoms. The topological polar surface area (TPSA) is 46.3 Å². The van der Waals surface area contributed by atoms with Gasteiger partial charge in [-0.15, -0.1) is 0 Å². The van der Waals surface area contributed by atoms with Crippen molar-refractivity contribution in [2.45, 2.75) is 13.8 Å². The molecule has 0 unspecified atom stereocenters. The minimum atomic E-state index is -0.0706. The molecular weight excluding hydrogens is 224 g/mol. The molecule has 0 saturated carbocycles. The average molecular weight is 241 g/mol. The molecule has 16 heavy (non-hydrogen) atoms. The van der Waals surface area contributed by atoms with Crippen molar-refractivity contribution in [3.63, 3.8) is 0 Å². The zero-order valence-electron chi connectivity index (χ0n) is 9.83. The van der Waals surface area contributed by atoms with Crippen LogP contribution in [-0.2, 0) is 0 Å². The molecule has 88 valence electrons. The van der Waals surface area contributed by atoms with Crippen LogP contribution in [0.25, 0.3) is 0 Å². The van der Waals surface area contributed by atoms with Gasteiger partial charge in [-0.25, -0.2) is 0 Å². The highest BCUT2D eigenvalue weighted by molar-refractivity contribution is 6.34. The summed E-state index contributed by atoms with van der Waals surface area (Å²) < 4.78 is 0. The average Bonchev–Trinajstić information content (AvgIpc) is 2.15. The minimum absolute atomic E-state index is 0.0706. The maximum absolute atomic E-state index is 12.0. The standard InChI is InChI=1S/C12H17ClN2O/c1-8(2)7-15(3)12(16)10-5-4-9(14)6-11(10)13/h4-6,8H,7,14H2,1-3H3. The Morgan fingerprint density at radius 2 is 2.12 bits per heavy atom. The molecule has 1 amide bonds. The van der Waals surface area contributed by atoms with Gasteiger partial charge in [-0.05, 0) is 24.1 Å². The molecule has 0 aliphatic heterocycles. The van der Waals surface area contributed by atoms with Crippen molar-refractivity contribution >= 4 is 23.2 Å². The van der Waals surface area contributed by atoms with Crippen LogP contribution < -0.4 is 5.73 Å². The fourth-order valence-electron chi connectivity index (χ4n) is 1.54. The molecule has 0 aromatic heterocycles. The van der Waals surface area contributed by atoms with E-state index in [2.05, 4.69) is 13.8 Å². The van der Waals surface area contributed by atoms with Gasteiger partial charge < -0.3 is 10.6 Å². The van der Waals surface area contributed by atoms with Gasteiger partial charge in [0.1, 0.15) is 0 Å². The van der Waals surface area contributed by atoms with Gasteiger partial charge in [-0.3, -0.25) is 4.79 Å². The fourth-order valence-corrected chi connectivity index (χ4v) is 1.81. The normalized spacial score (nSPS) is 10.6. The van der Waals surface area contributed by atoms with Crippen LogP contribution >= 0.6 is 11.6 Å². The summed E-state index contributed by atoms with van der Waals surface area (Å²) in [4.78, 5) is 13.7. The Morgan fingerprint density at radius 3 is 2.62 bits per heavy atom. The first-order chi connectivity index (χ1) is 7.41. The second kappa shape index (κ2) is 5.21. The van der Waals surface area contributed by atoms with Crippen molar-refractivity contribution < 1.29 is 4.79 Å². The van der Waals surface area contributed by atoms with Gasteiger partial charge in [0.2, 0.25) is 0 Å². The number of carbonyl (C=O) groups is 1. The summed E-state index contributed by atoms with van der Waals surface area (Å²) in [6, 6.07) is 4.94. The Hall–Kier alpha value is -1.22. The molecule has 0 aliphatic rings. The number of nitrogens with zero attached hydrogens (tertiary/aromatic N) is 1. The summed E-state index contributed by atoms with van der Waals surface area (Å²) in [5, 5.41) is 0.403. The summed E-state index contributed by atoms with van der Waals surface area (Å²) in [6.45, 7) is 4.84. The molecule has 0 aliphatic carbocycles. The van der Waals surface area contributed by atoms with E-state index in [9.17, 15) is 4.79 Å². The third kappa shape index (κ3) is 3.14. The lowest BCUT2D eigenvalue weighted by atomic mass is 10.1. The Kier molecular flexibility index (Phi) is 4.19. The highest BCUT2D eigenvalue weighted by atomic mass is 35.5. The highest BCUT2D eigenvalue weighted by Gasteiger charge is 2.15. The largest absolute Gasteiger partial charge is 0.399 e. The molecule has 2 N–H and O–H groups in total. The maximum atomic E-state index is 12.0. The van der Waals surface area contributed by atoms with Crippen molar-refractivity contribution in [3.05, 3.63) is 28.8 Å². The van der Waals surface area contributed by atoms with Crippen LogP contribution in [0, 0.1) is 5.92 Å². The predicted octanol–water partition coefficient (Wildman–Crippen LogP) is 2.65. The summed E-state index contributed by atoms with van der Waals surface area (Å²) in [5.41, 5.74) is 6.64. The quantitative estimate of drug-likeness (QED) is 0.826. The Bertz CT molecular complexity index is 391. The van der Waals surface area contributed by atoms with Crippen LogP contribution in [-0.4, -0.2) is 24.4 Å². The van der Waals surface area contributed by atoms with E-state index in [-0.39, 0.29) is 5.91 Å². The summed E-state index contributed by atoms with van der Waals surface area (Å²) in [6.07, 6.45) is 0. The van der Waals surface area contributed by atoms with Crippen molar-refractivity contribution in [2.75, 3.05) is 19.3 Å². The van der Waals surface area contributed by atoms with Crippen molar-refractivity contribution in [1.82, 2.24) is 4.90 Å². The molecular formula is C12H17ClN2O. The number of anilines is 1. The molecule has 0 bridgehead atoms. The molecule has 0 saturated heterocycles. The van der Waals surface area contributed by atoms with Crippen LogP contribution in [0.5, 0.6) is 0 Å². The van der Waals surface area contributed by atoms with E-state index >= 15 is 0 Å². The molecule has 1 aromatic rings. The van der Waals surface area contributed by atoms with Gasteiger partial charge in [-0.2, -0.15) is 0 Å². The lowest BCUT2D eigenvalue weighted by Gasteiger charge is -2.20. The van der Waals surface area contributed by atoms with Gasteiger partial charge in [0, 0.05) is 19.3 Å². The van der Waals surface area contributed by atoms with E-state index in [0.717, 1.165) is 0 Å². The first kappa shape index (κ1) is 12.8. The first-order valence-electron chi connectivity index (χ1n) is 5.22. The smallest absolute Gasteiger partial charge is 0.255 e. The highest BCUT2D eigenvalue weighted by Crippen LogP contribution is 2.20. The lowest BCUT2D eigenvalue weighted by Crippen LogP contribution is -2.30. The van der Waals surface area contributed by atoms with Gasteiger partial charge >= 0.3 is 0 Å². The number of benzene rings is 1.